The SMILES string of the molecule is Cl.NNC(CO)CO. The van der Waals surface area contributed by atoms with Crippen molar-refractivity contribution in [1.29, 1.82) is 0 Å². The Kier molecular flexibility index (Phi) is 9.80. The highest BCUT2D eigenvalue weighted by Crippen LogP contribution is 1.71. The molecule has 0 radical (unpaired) electrons. The van der Waals surface area contributed by atoms with Gasteiger partial charge in [-0.15, -0.1) is 12.4 Å². The van der Waals surface area contributed by atoms with Gasteiger partial charge in [-0.3, -0.25) is 11.3 Å². The zero-order valence-corrected chi connectivity index (χ0v) is 5.19. The number of nitrogens with one attached hydrogen (secondary N) is 1. The summed E-state index contributed by atoms with van der Waals surface area (Å²) in [6.07, 6.45) is 0. The third-order valence-corrected chi connectivity index (χ3v) is 0.676. The number of aliphatic hydroxyl groups excluding tert-OH is 2. The van der Waals surface area contributed by atoms with Crippen molar-refractivity contribution in [1.82, 2.24) is 5.43 Å². The largest absolute Gasteiger partial charge is 0.395 e. The Morgan fingerprint density at radius 3 is 1.75 bits per heavy atom. The fourth-order valence-corrected chi connectivity index (χ4v) is 0.163. The number of halogens is 1. The molecule has 0 aliphatic carbocycles. The van der Waals surface area contributed by atoms with Crippen LogP contribution < -0.4 is 11.3 Å². The van der Waals surface area contributed by atoms with Crippen LogP contribution in [0.5, 0.6) is 0 Å². The van der Waals surface area contributed by atoms with Crippen molar-refractivity contribution in [2.24, 2.45) is 5.84 Å². The summed E-state index contributed by atoms with van der Waals surface area (Å²) in [7, 11) is 0. The second-order valence-corrected chi connectivity index (χ2v) is 1.23. The average molecular weight is 143 g/mol. The smallest absolute Gasteiger partial charge is 0.0672 e. The van der Waals surface area contributed by atoms with Crippen LogP contribution in [0.15, 0.2) is 0 Å². The van der Waals surface area contributed by atoms with Crippen LogP contribution in [0, 0.1) is 0 Å². The van der Waals surface area contributed by atoms with E-state index in [1.807, 2.05) is 0 Å². The van der Waals surface area contributed by atoms with E-state index < -0.39 is 0 Å². The molecule has 0 aliphatic rings. The Labute approximate surface area is 54.1 Å². The standard InChI is InChI=1S/C3H10N2O2.ClH/c4-5-3(1-6)2-7;/h3,5-7H,1-2,4H2;1H. The van der Waals surface area contributed by atoms with Gasteiger partial charge in [0, 0.05) is 0 Å². The predicted octanol–water partition coefficient (Wildman–Crippen LogP) is -1.78. The van der Waals surface area contributed by atoms with Gasteiger partial charge in [0.05, 0.1) is 19.3 Å². The first-order valence-corrected chi connectivity index (χ1v) is 2.03. The fraction of sp³-hybridized carbons (Fsp3) is 1.00. The summed E-state index contributed by atoms with van der Waals surface area (Å²) in [5, 5.41) is 16.4. The Morgan fingerprint density at radius 2 is 1.75 bits per heavy atom. The molecular weight excluding hydrogens is 131 g/mol. The third-order valence-electron chi connectivity index (χ3n) is 0.676. The quantitative estimate of drug-likeness (QED) is 0.278. The molecule has 0 aromatic carbocycles. The lowest BCUT2D eigenvalue weighted by Gasteiger charge is -2.06. The van der Waals surface area contributed by atoms with Crippen LogP contribution in [0.25, 0.3) is 0 Å². The van der Waals surface area contributed by atoms with E-state index >= 15 is 0 Å². The summed E-state index contributed by atoms with van der Waals surface area (Å²) in [5.74, 6) is 4.82. The van der Waals surface area contributed by atoms with Gasteiger partial charge in [0.15, 0.2) is 0 Å². The number of rotatable bonds is 3. The Bertz CT molecular complexity index is 36.8. The predicted molar refractivity (Wildman–Crippen MR) is 32.5 cm³/mol. The summed E-state index contributed by atoms with van der Waals surface area (Å²) in [4.78, 5) is 0. The number of aliphatic hydroxyl groups is 2. The van der Waals surface area contributed by atoms with Crippen LogP contribution in [0.1, 0.15) is 0 Å². The maximum absolute atomic E-state index is 8.22. The van der Waals surface area contributed by atoms with Gasteiger partial charge in [-0.25, -0.2) is 0 Å². The molecule has 0 atom stereocenters. The van der Waals surface area contributed by atoms with E-state index in [1.54, 1.807) is 0 Å². The zero-order valence-electron chi connectivity index (χ0n) is 4.37. The molecule has 0 unspecified atom stereocenters. The summed E-state index contributed by atoms with van der Waals surface area (Å²) in [6.45, 7) is -0.264. The van der Waals surface area contributed by atoms with Crippen molar-refractivity contribution < 1.29 is 10.2 Å². The average Bonchev–Trinajstić information content (AvgIpc) is 1.72. The number of hydrogen-bond acceptors (Lipinski definition) is 4. The van der Waals surface area contributed by atoms with Crippen LogP contribution in [0.4, 0.5) is 0 Å². The molecule has 4 nitrogen and oxygen atoms in total. The molecule has 0 rings (SSSR count). The van der Waals surface area contributed by atoms with Gasteiger partial charge in [-0.05, 0) is 0 Å². The molecule has 8 heavy (non-hydrogen) atoms. The number of hydrazine groups is 1. The lowest BCUT2D eigenvalue weighted by Crippen LogP contribution is -2.40. The highest BCUT2D eigenvalue weighted by molar-refractivity contribution is 5.85. The minimum atomic E-state index is -0.375. The third kappa shape index (κ3) is 4.29. The van der Waals surface area contributed by atoms with Crippen molar-refractivity contribution in [3.63, 3.8) is 0 Å². The molecule has 0 aliphatic heterocycles. The minimum absolute atomic E-state index is 0. The summed E-state index contributed by atoms with van der Waals surface area (Å²) in [6, 6.07) is -0.375. The van der Waals surface area contributed by atoms with Crippen molar-refractivity contribution in [2.45, 2.75) is 6.04 Å². The highest BCUT2D eigenvalue weighted by atomic mass is 35.5. The molecule has 0 heterocycles. The van der Waals surface area contributed by atoms with Crippen LogP contribution in [0.2, 0.25) is 0 Å². The van der Waals surface area contributed by atoms with Gasteiger partial charge < -0.3 is 10.2 Å². The molecule has 0 aromatic heterocycles. The molecule has 0 aromatic rings. The maximum Gasteiger partial charge on any atom is 0.0672 e. The second kappa shape index (κ2) is 7.13. The number of nitrogens with two attached hydrogens (primary N) is 1. The molecule has 0 bridgehead atoms. The number of hydrogen-bond donors (Lipinski definition) is 4. The van der Waals surface area contributed by atoms with Crippen LogP contribution in [-0.4, -0.2) is 29.5 Å². The maximum atomic E-state index is 8.22. The van der Waals surface area contributed by atoms with Gasteiger partial charge in [0.1, 0.15) is 0 Å². The molecule has 5 N–H and O–H groups in total. The van der Waals surface area contributed by atoms with E-state index in [0.717, 1.165) is 0 Å². The van der Waals surface area contributed by atoms with E-state index in [-0.39, 0.29) is 31.7 Å². The van der Waals surface area contributed by atoms with E-state index in [4.69, 9.17) is 16.1 Å². The normalized spacial score (nSPS) is 9.00. The van der Waals surface area contributed by atoms with Crippen LogP contribution in [-0.2, 0) is 0 Å². The van der Waals surface area contributed by atoms with Crippen molar-refractivity contribution in [3.05, 3.63) is 0 Å². The molecule has 0 fully saturated rings. The van der Waals surface area contributed by atoms with Gasteiger partial charge in [-0.2, -0.15) is 0 Å². The summed E-state index contributed by atoms with van der Waals surface area (Å²) in [5.41, 5.74) is 2.20. The first-order chi connectivity index (χ1) is 3.35. The van der Waals surface area contributed by atoms with Crippen molar-refractivity contribution >= 4 is 12.4 Å². The minimum Gasteiger partial charge on any atom is -0.395 e. The van der Waals surface area contributed by atoms with Gasteiger partial charge in [0.2, 0.25) is 0 Å². The zero-order chi connectivity index (χ0) is 5.70. The Morgan fingerprint density at radius 1 is 1.38 bits per heavy atom. The topological polar surface area (TPSA) is 78.5 Å². The first-order valence-electron chi connectivity index (χ1n) is 2.03. The lowest BCUT2D eigenvalue weighted by atomic mass is 10.4. The monoisotopic (exact) mass is 142 g/mol. The second-order valence-electron chi connectivity index (χ2n) is 1.23. The molecule has 0 spiro atoms. The molecule has 5 heteroatoms. The summed E-state index contributed by atoms with van der Waals surface area (Å²) >= 11 is 0. The summed E-state index contributed by atoms with van der Waals surface area (Å²) < 4.78 is 0. The van der Waals surface area contributed by atoms with Crippen LogP contribution >= 0.6 is 12.4 Å². The lowest BCUT2D eigenvalue weighted by molar-refractivity contribution is 0.172. The van der Waals surface area contributed by atoms with Gasteiger partial charge >= 0.3 is 0 Å². The fourth-order valence-electron chi connectivity index (χ4n) is 0.163. The first kappa shape index (κ1) is 11.0. The highest BCUT2D eigenvalue weighted by Gasteiger charge is 1.98. The van der Waals surface area contributed by atoms with Crippen LogP contribution in [0.3, 0.4) is 0 Å². The molecule has 52 valence electrons. The van der Waals surface area contributed by atoms with E-state index in [9.17, 15) is 0 Å². The van der Waals surface area contributed by atoms with Crippen molar-refractivity contribution in [3.8, 4) is 0 Å². The van der Waals surface area contributed by atoms with Gasteiger partial charge in [0.25, 0.3) is 0 Å². The molecular formula is C3H11ClN2O2. The molecule has 0 saturated heterocycles. The molecule has 0 saturated carbocycles. The Hall–Kier alpha value is 0.130. The Balaban J connectivity index is 0. The molecule has 0 amide bonds. The van der Waals surface area contributed by atoms with Gasteiger partial charge in [-0.1, -0.05) is 0 Å². The van der Waals surface area contributed by atoms with E-state index in [0.29, 0.717) is 0 Å². The van der Waals surface area contributed by atoms with E-state index in [2.05, 4.69) is 5.43 Å². The van der Waals surface area contributed by atoms with E-state index in [1.165, 1.54) is 0 Å². The van der Waals surface area contributed by atoms with Crippen molar-refractivity contribution in [2.75, 3.05) is 13.2 Å².